The van der Waals surface area contributed by atoms with Gasteiger partial charge in [0.1, 0.15) is 0 Å². The van der Waals surface area contributed by atoms with Crippen LogP contribution in [-0.4, -0.2) is 23.7 Å². The van der Waals surface area contributed by atoms with Crippen LogP contribution < -0.4 is 5.32 Å². The Morgan fingerprint density at radius 1 is 1.40 bits per heavy atom. The predicted molar refractivity (Wildman–Crippen MR) is 58.6 cm³/mol. The van der Waals surface area contributed by atoms with Gasteiger partial charge in [-0.2, -0.15) is 0 Å². The fourth-order valence-corrected chi connectivity index (χ4v) is 3.31. The summed E-state index contributed by atoms with van der Waals surface area (Å²) in [6.07, 6.45) is 3.48. The van der Waals surface area contributed by atoms with Gasteiger partial charge in [0.2, 0.25) is 0 Å². The van der Waals surface area contributed by atoms with Crippen molar-refractivity contribution in [2.45, 2.75) is 39.2 Å². The van der Waals surface area contributed by atoms with Gasteiger partial charge in [-0.1, -0.05) is 13.8 Å². The van der Waals surface area contributed by atoms with Crippen molar-refractivity contribution >= 4 is 5.97 Å². The number of fused-ring (bicyclic) bond motifs is 2. The van der Waals surface area contributed by atoms with Crippen LogP contribution >= 0.6 is 0 Å². The highest BCUT2D eigenvalue weighted by atomic mass is 16.4. The Balaban J connectivity index is 1.99. The molecule has 3 nitrogen and oxygen atoms in total. The third-order valence-corrected chi connectivity index (χ3v) is 3.96. The zero-order valence-corrected chi connectivity index (χ0v) is 9.57. The lowest BCUT2D eigenvalue weighted by Gasteiger charge is -2.29. The van der Waals surface area contributed by atoms with E-state index in [1.165, 1.54) is 6.42 Å². The second-order valence-electron chi connectivity index (χ2n) is 5.53. The van der Waals surface area contributed by atoms with Crippen LogP contribution in [0.25, 0.3) is 0 Å². The molecule has 86 valence electrons. The summed E-state index contributed by atoms with van der Waals surface area (Å²) in [5.41, 5.74) is 0. The number of carboxylic acids is 1. The highest BCUT2D eigenvalue weighted by molar-refractivity contribution is 5.72. The molecule has 4 atom stereocenters. The van der Waals surface area contributed by atoms with Crippen molar-refractivity contribution in [1.29, 1.82) is 0 Å². The largest absolute Gasteiger partial charge is 0.481 e. The van der Waals surface area contributed by atoms with Gasteiger partial charge >= 0.3 is 5.97 Å². The van der Waals surface area contributed by atoms with E-state index in [4.69, 9.17) is 0 Å². The van der Waals surface area contributed by atoms with E-state index in [-0.39, 0.29) is 12.0 Å². The number of aliphatic carboxylic acids is 1. The number of carboxylic acid groups (broad SMARTS) is 1. The Labute approximate surface area is 91.2 Å². The maximum atomic E-state index is 11.2. The number of nitrogens with one attached hydrogen (secondary N) is 1. The van der Waals surface area contributed by atoms with Crippen molar-refractivity contribution in [2.75, 3.05) is 6.54 Å². The molecule has 4 unspecified atom stereocenters. The van der Waals surface area contributed by atoms with Crippen LogP contribution in [0.3, 0.4) is 0 Å². The monoisotopic (exact) mass is 211 g/mol. The van der Waals surface area contributed by atoms with E-state index < -0.39 is 5.97 Å². The first-order chi connectivity index (χ1) is 7.09. The lowest BCUT2D eigenvalue weighted by atomic mass is 9.84. The zero-order valence-electron chi connectivity index (χ0n) is 9.57. The van der Waals surface area contributed by atoms with Crippen LogP contribution in [0.4, 0.5) is 0 Å². The first-order valence-electron chi connectivity index (χ1n) is 6.05. The summed E-state index contributed by atoms with van der Waals surface area (Å²) in [7, 11) is 0. The maximum absolute atomic E-state index is 11.2. The second-order valence-corrected chi connectivity index (χ2v) is 5.53. The van der Waals surface area contributed by atoms with Crippen LogP contribution in [-0.2, 0) is 4.79 Å². The molecule has 2 rings (SSSR count). The molecule has 2 aliphatic rings. The van der Waals surface area contributed by atoms with Crippen LogP contribution in [0.5, 0.6) is 0 Å². The smallest absolute Gasteiger partial charge is 0.308 e. The average molecular weight is 211 g/mol. The van der Waals surface area contributed by atoms with Crippen molar-refractivity contribution in [1.82, 2.24) is 5.32 Å². The molecule has 2 saturated carbocycles. The van der Waals surface area contributed by atoms with E-state index in [1.54, 1.807) is 0 Å². The highest BCUT2D eigenvalue weighted by Crippen LogP contribution is 2.48. The lowest BCUT2D eigenvalue weighted by molar-refractivity contribution is -0.144. The third-order valence-electron chi connectivity index (χ3n) is 3.96. The molecule has 2 N–H and O–H groups in total. The normalized spacial score (nSPS) is 38.9. The summed E-state index contributed by atoms with van der Waals surface area (Å²) in [6, 6.07) is 0.239. The molecule has 0 aromatic carbocycles. The van der Waals surface area contributed by atoms with Crippen molar-refractivity contribution in [3.8, 4) is 0 Å². The molecule has 0 aromatic heterocycles. The number of hydrogen-bond acceptors (Lipinski definition) is 2. The molecule has 3 heteroatoms. The molecule has 0 spiro atoms. The Morgan fingerprint density at radius 2 is 2.07 bits per heavy atom. The van der Waals surface area contributed by atoms with Crippen molar-refractivity contribution in [2.24, 2.45) is 23.7 Å². The van der Waals surface area contributed by atoms with Gasteiger partial charge in [-0.25, -0.2) is 0 Å². The summed E-state index contributed by atoms with van der Waals surface area (Å²) >= 11 is 0. The molecule has 2 bridgehead atoms. The molecule has 0 heterocycles. The minimum absolute atomic E-state index is 0.123. The fraction of sp³-hybridized carbons (Fsp3) is 0.917. The summed E-state index contributed by atoms with van der Waals surface area (Å²) < 4.78 is 0. The average Bonchev–Trinajstić information content (AvgIpc) is 2.72. The first kappa shape index (κ1) is 10.9. The van der Waals surface area contributed by atoms with E-state index in [2.05, 4.69) is 19.2 Å². The van der Waals surface area contributed by atoms with Crippen LogP contribution in [0.1, 0.15) is 33.1 Å². The van der Waals surface area contributed by atoms with E-state index >= 15 is 0 Å². The molecule has 15 heavy (non-hydrogen) atoms. The van der Waals surface area contributed by atoms with Gasteiger partial charge < -0.3 is 10.4 Å². The molecule has 0 aromatic rings. The van der Waals surface area contributed by atoms with Gasteiger partial charge in [-0.3, -0.25) is 4.79 Å². The standard InChI is InChI=1S/C12H21NO2/c1-7(2)6-13-11-9-4-3-8(5-9)10(11)12(14)15/h7-11,13H,3-6H2,1-2H3,(H,14,15). The molecular formula is C12H21NO2. The van der Waals surface area contributed by atoms with E-state index in [0.29, 0.717) is 17.8 Å². The van der Waals surface area contributed by atoms with Crippen LogP contribution in [0.2, 0.25) is 0 Å². The number of rotatable bonds is 4. The lowest BCUT2D eigenvalue weighted by Crippen LogP contribution is -2.45. The summed E-state index contributed by atoms with van der Waals surface area (Å²) in [4.78, 5) is 11.2. The topological polar surface area (TPSA) is 49.3 Å². The van der Waals surface area contributed by atoms with E-state index in [9.17, 15) is 9.90 Å². The predicted octanol–water partition coefficient (Wildman–Crippen LogP) is 1.73. The first-order valence-corrected chi connectivity index (χ1v) is 6.05. The fourth-order valence-electron chi connectivity index (χ4n) is 3.31. The molecule has 2 fully saturated rings. The van der Waals surface area contributed by atoms with Gasteiger partial charge in [0, 0.05) is 6.04 Å². The van der Waals surface area contributed by atoms with Crippen molar-refractivity contribution in [3.05, 3.63) is 0 Å². The van der Waals surface area contributed by atoms with Crippen molar-refractivity contribution in [3.63, 3.8) is 0 Å². The van der Waals surface area contributed by atoms with E-state index in [0.717, 1.165) is 19.4 Å². The number of carbonyl (C=O) groups is 1. The summed E-state index contributed by atoms with van der Waals surface area (Å²) in [5.74, 6) is 0.941. The van der Waals surface area contributed by atoms with Gasteiger partial charge in [0.25, 0.3) is 0 Å². The summed E-state index contributed by atoms with van der Waals surface area (Å²) in [6.45, 7) is 5.27. The quantitative estimate of drug-likeness (QED) is 0.744. The molecule has 0 aliphatic heterocycles. The van der Waals surface area contributed by atoms with Gasteiger partial charge in [0.05, 0.1) is 5.92 Å². The molecular weight excluding hydrogens is 190 g/mol. The molecule has 2 aliphatic carbocycles. The minimum atomic E-state index is -0.594. The van der Waals surface area contributed by atoms with Crippen molar-refractivity contribution < 1.29 is 9.90 Å². The highest BCUT2D eigenvalue weighted by Gasteiger charge is 2.50. The second kappa shape index (κ2) is 4.12. The maximum Gasteiger partial charge on any atom is 0.308 e. The summed E-state index contributed by atoms with van der Waals surface area (Å²) in [5, 5.41) is 12.7. The minimum Gasteiger partial charge on any atom is -0.481 e. The Bertz CT molecular complexity index is 252. The van der Waals surface area contributed by atoms with Crippen LogP contribution in [0.15, 0.2) is 0 Å². The molecule has 0 amide bonds. The van der Waals surface area contributed by atoms with Gasteiger partial charge in [0.15, 0.2) is 0 Å². The van der Waals surface area contributed by atoms with E-state index in [1.807, 2.05) is 0 Å². The van der Waals surface area contributed by atoms with Gasteiger partial charge in [-0.15, -0.1) is 0 Å². The number of hydrogen-bond donors (Lipinski definition) is 2. The van der Waals surface area contributed by atoms with Gasteiger partial charge in [-0.05, 0) is 43.6 Å². The molecule has 0 radical (unpaired) electrons. The Kier molecular flexibility index (Phi) is 3.01. The van der Waals surface area contributed by atoms with Crippen LogP contribution in [0, 0.1) is 23.7 Å². The Morgan fingerprint density at radius 3 is 2.67 bits per heavy atom. The SMILES string of the molecule is CC(C)CNC1C2CCC(C2)C1C(=O)O. The zero-order chi connectivity index (χ0) is 11.0. The third kappa shape index (κ3) is 2.03. The molecule has 0 saturated heterocycles. The Hall–Kier alpha value is -0.570.